The lowest BCUT2D eigenvalue weighted by Gasteiger charge is -2.14. The third-order valence-corrected chi connectivity index (χ3v) is 2.25. The predicted molar refractivity (Wildman–Crippen MR) is 65.0 cm³/mol. The number of nitrogens with one attached hydrogen (secondary N) is 1. The van der Waals surface area contributed by atoms with Crippen molar-refractivity contribution < 1.29 is 13.6 Å². The number of rotatable bonds is 4. The van der Waals surface area contributed by atoms with Gasteiger partial charge in [0.1, 0.15) is 0 Å². The van der Waals surface area contributed by atoms with Crippen LogP contribution >= 0.6 is 24.0 Å². The van der Waals surface area contributed by atoms with E-state index in [1.54, 1.807) is 12.1 Å². The molecule has 17 heavy (non-hydrogen) atoms. The predicted octanol–water partition coefficient (Wildman–Crippen LogP) is 2.09. The lowest BCUT2D eigenvalue weighted by atomic mass is 10.2. The van der Waals surface area contributed by atoms with Crippen molar-refractivity contribution >= 4 is 29.9 Å². The number of halogens is 4. The van der Waals surface area contributed by atoms with Crippen LogP contribution in [0.25, 0.3) is 0 Å². The topological polar surface area (TPSA) is 55.1 Å². The van der Waals surface area contributed by atoms with Crippen molar-refractivity contribution in [3.63, 3.8) is 0 Å². The third kappa shape index (κ3) is 4.85. The van der Waals surface area contributed by atoms with Crippen LogP contribution in [0.1, 0.15) is 10.4 Å². The van der Waals surface area contributed by atoms with Crippen LogP contribution in [0.2, 0.25) is 5.02 Å². The highest BCUT2D eigenvalue weighted by molar-refractivity contribution is 6.33. The fourth-order valence-corrected chi connectivity index (χ4v) is 1.24. The van der Waals surface area contributed by atoms with Gasteiger partial charge in [-0.2, -0.15) is 0 Å². The SMILES string of the molecule is Cl.NCC(F)(F)CNC(=O)c1ccccc1Cl. The molecular weight excluding hydrogens is 273 g/mol. The van der Waals surface area contributed by atoms with Crippen molar-refractivity contribution in [1.82, 2.24) is 5.32 Å². The fourth-order valence-electron chi connectivity index (χ4n) is 1.02. The molecule has 0 aliphatic heterocycles. The summed E-state index contributed by atoms with van der Waals surface area (Å²) in [6.45, 7) is -1.61. The first kappa shape index (κ1) is 16.1. The zero-order chi connectivity index (χ0) is 12.2. The van der Waals surface area contributed by atoms with Gasteiger partial charge in [0.25, 0.3) is 11.8 Å². The molecule has 1 aromatic carbocycles. The second-order valence-corrected chi connectivity index (χ2v) is 3.63. The Morgan fingerprint density at radius 2 is 2.00 bits per heavy atom. The first-order valence-electron chi connectivity index (χ1n) is 4.57. The summed E-state index contributed by atoms with van der Waals surface area (Å²) < 4.78 is 25.5. The summed E-state index contributed by atoms with van der Waals surface area (Å²) in [7, 11) is 0. The number of benzene rings is 1. The number of alkyl halides is 2. The van der Waals surface area contributed by atoms with Gasteiger partial charge in [0.2, 0.25) is 0 Å². The van der Waals surface area contributed by atoms with Crippen LogP contribution in [0.4, 0.5) is 8.78 Å². The maximum Gasteiger partial charge on any atom is 0.277 e. The molecule has 0 saturated heterocycles. The van der Waals surface area contributed by atoms with Crippen LogP contribution in [0.5, 0.6) is 0 Å². The Hall–Kier alpha value is -0.910. The van der Waals surface area contributed by atoms with E-state index in [1.807, 2.05) is 0 Å². The van der Waals surface area contributed by atoms with E-state index in [-0.39, 0.29) is 23.0 Å². The van der Waals surface area contributed by atoms with Crippen molar-refractivity contribution in [1.29, 1.82) is 0 Å². The largest absolute Gasteiger partial charge is 0.346 e. The van der Waals surface area contributed by atoms with Crippen molar-refractivity contribution in [2.75, 3.05) is 13.1 Å². The van der Waals surface area contributed by atoms with E-state index in [2.05, 4.69) is 5.32 Å². The van der Waals surface area contributed by atoms with Gasteiger partial charge in [-0.1, -0.05) is 23.7 Å². The molecule has 0 unspecified atom stereocenters. The van der Waals surface area contributed by atoms with E-state index in [0.29, 0.717) is 0 Å². The molecule has 0 atom stereocenters. The monoisotopic (exact) mass is 284 g/mol. The minimum absolute atomic E-state index is 0. The molecule has 3 N–H and O–H groups in total. The zero-order valence-corrected chi connectivity index (χ0v) is 10.3. The van der Waals surface area contributed by atoms with Crippen LogP contribution in [-0.4, -0.2) is 24.9 Å². The van der Waals surface area contributed by atoms with Gasteiger partial charge in [-0.15, -0.1) is 12.4 Å². The number of nitrogens with two attached hydrogens (primary N) is 1. The van der Waals surface area contributed by atoms with E-state index < -0.39 is 24.9 Å². The van der Waals surface area contributed by atoms with Crippen LogP contribution in [0.15, 0.2) is 24.3 Å². The quantitative estimate of drug-likeness (QED) is 0.890. The molecule has 0 aliphatic carbocycles. The molecule has 1 rings (SSSR count). The summed E-state index contributed by atoms with van der Waals surface area (Å²) in [6.07, 6.45) is 0. The van der Waals surface area contributed by atoms with E-state index in [9.17, 15) is 13.6 Å². The molecular formula is C10H12Cl2F2N2O. The van der Waals surface area contributed by atoms with Gasteiger partial charge in [0.15, 0.2) is 0 Å². The minimum Gasteiger partial charge on any atom is -0.346 e. The fraction of sp³-hybridized carbons (Fsp3) is 0.300. The number of hydrogen-bond donors (Lipinski definition) is 2. The third-order valence-electron chi connectivity index (χ3n) is 1.92. The summed E-state index contributed by atoms with van der Waals surface area (Å²) in [5, 5.41) is 2.30. The molecule has 0 radical (unpaired) electrons. The Morgan fingerprint density at radius 3 is 2.53 bits per heavy atom. The second-order valence-electron chi connectivity index (χ2n) is 3.22. The summed E-state index contributed by atoms with van der Waals surface area (Å²) in [6, 6.07) is 6.21. The number of hydrogen-bond acceptors (Lipinski definition) is 2. The normalized spacial score (nSPS) is 10.6. The zero-order valence-electron chi connectivity index (χ0n) is 8.75. The Labute approximate surface area is 109 Å². The maximum atomic E-state index is 12.8. The highest BCUT2D eigenvalue weighted by atomic mass is 35.5. The van der Waals surface area contributed by atoms with Gasteiger partial charge >= 0.3 is 0 Å². The smallest absolute Gasteiger partial charge is 0.277 e. The summed E-state index contributed by atoms with van der Waals surface area (Å²) in [5.74, 6) is -3.74. The molecule has 3 nitrogen and oxygen atoms in total. The van der Waals surface area contributed by atoms with Gasteiger partial charge in [-0.25, -0.2) is 8.78 Å². The molecule has 96 valence electrons. The second kappa shape index (κ2) is 6.74. The first-order valence-corrected chi connectivity index (χ1v) is 4.95. The molecule has 0 aromatic heterocycles. The molecule has 0 saturated carbocycles. The standard InChI is InChI=1S/C10H11ClF2N2O.ClH/c11-8-4-2-1-3-7(8)9(16)15-6-10(12,13)5-14;/h1-4H,5-6,14H2,(H,15,16);1H. The van der Waals surface area contributed by atoms with E-state index >= 15 is 0 Å². The molecule has 0 bridgehead atoms. The highest BCUT2D eigenvalue weighted by Gasteiger charge is 2.27. The molecule has 0 spiro atoms. The molecule has 0 fully saturated rings. The molecule has 0 aliphatic rings. The van der Waals surface area contributed by atoms with Crippen LogP contribution in [0.3, 0.4) is 0 Å². The Balaban J connectivity index is 0.00000256. The van der Waals surface area contributed by atoms with Crippen LogP contribution < -0.4 is 11.1 Å². The van der Waals surface area contributed by atoms with Gasteiger partial charge in [-0.3, -0.25) is 4.79 Å². The molecule has 1 aromatic rings. The summed E-state index contributed by atoms with van der Waals surface area (Å²) in [5.41, 5.74) is 5.00. The Bertz CT molecular complexity index is 388. The average Bonchev–Trinajstić information content (AvgIpc) is 2.27. The minimum atomic E-state index is -3.10. The highest BCUT2D eigenvalue weighted by Crippen LogP contribution is 2.15. The van der Waals surface area contributed by atoms with E-state index in [4.69, 9.17) is 17.3 Å². The lowest BCUT2D eigenvalue weighted by Crippen LogP contribution is -2.41. The number of carbonyl (C=O) groups excluding carboxylic acids is 1. The van der Waals surface area contributed by atoms with Gasteiger partial charge < -0.3 is 11.1 Å². The average molecular weight is 285 g/mol. The van der Waals surface area contributed by atoms with Gasteiger partial charge in [-0.05, 0) is 12.1 Å². The first-order chi connectivity index (χ1) is 7.46. The Morgan fingerprint density at radius 1 is 1.41 bits per heavy atom. The van der Waals surface area contributed by atoms with Gasteiger partial charge in [0.05, 0.1) is 23.7 Å². The van der Waals surface area contributed by atoms with E-state index in [1.165, 1.54) is 12.1 Å². The molecule has 7 heteroatoms. The van der Waals surface area contributed by atoms with Crippen molar-refractivity contribution in [2.45, 2.75) is 5.92 Å². The van der Waals surface area contributed by atoms with Crippen LogP contribution in [-0.2, 0) is 0 Å². The van der Waals surface area contributed by atoms with Crippen LogP contribution in [0, 0.1) is 0 Å². The number of carbonyl (C=O) groups is 1. The summed E-state index contributed by atoms with van der Waals surface area (Å²) in [4.78, 5) is 11.5. The van der Waals surface area contributed by atoms with E-state index in [0.717, 1.165) is 0 Å². The molecule has 0 heterocycles. The summed E-state index contributed by atoms with van der Waals surface area (Å²) >= 11 is 5.73. The maximum absolute atomic E-state index is 12.8. The van der Waals surface area contributed by atoms with Crippen molar-refractivity contribution in [2.24, 2.45) is 5.73 Å². The van der Waals surface area contributed by atoms with Crippen molar-refractivity contribution in [3.8, 4) is 0 Å². The Kier molecular flexibility index (Phi) is 6.37. The van der Waals surface area contributed by atoms with Gasteiger partial charge in [0, 0.05) is 0 Å². The molecule has 1 amide bonds. The number of amides is 1. The lowest BCUT2D eigenvalue weighted by molar-refractivity contribution is 0.0118. The van der Waals surface area contributed by atoms with Crippen molar-refractivity contribution in [3.05, 3.63) is 34.9 Å².